The number of methoxy groups -OCH3 is 1. The van der Waals surface area contributed by atoms with E-state index >= 15 is 0 Å². The van der Waals surface area contributed by atoms with Gasteiger partial charge in [0, 0.05) is 16.6 Å². The van der Waals surface area contributed by atoms with Gasteiger partial charge in [0.2, 0.25) is 0 Å². The number of amides is 1. The Morgan fingerprint density at radius 2 is 1.56 bits per heavy atom. The van der Waals surface area contributed by atoms with E-state index in [9.17, 15) is 14.4 Å². The van der Waals surface area contributed by atoms with Gasteiger partial charge >= 0.3 is 11.9 Å². The van der Waals surface area contributed by atoms with Crippen molar-refractivity contribution in [2.24, 2.45) is 0 Å². The van der Waals surface area contributed by atoms with Crippen molar-refractivity contribution in [1.29, 1.82) is 0 Å². The fourth-order valence-corrected chi connectivity index (χ4v) is 2.21. The largest absolute Gasteiger partial charge is 0.465 e. The number of halogens is 1. The van der Waals surface area contributed by atoms with Crippen molar-refractivity contribution in [2.45, 2.75) is 6.42 Å². The van der Waals surface area contributed by atoms with E-state index in [2.05, 4.69) is 26.0 Å². The highest BCUT2D eigenvalue weighted by Crippen LogP contribution is 2.13. The summed E-state index contributed by atoms with van der Waals surface area (Å²) < 4.78 is 10.6. The van der Waals surface area contributed by atoms with Gasteiger partial charge in [-0.05, 0) is 48.5 Å². The van der Waals surface area contributed by atoms with Gasteiger partial charge in [-0.15, -0.1) is 0 Å². The molecule has 1 amide bonds. The standard InChI is InChI=1S/C18H16BrNO5/c1-24-18(23)13-4-8-15(9-5-13)25-16(21)10-11-20-17(22)12-2-6-14(19)7-3-12/h2-9H,10-11H2,1H3,(H,20,22). The zero-order valence-corrected chi connectivity index (χ0v) is 15.0. The predicted molar refractivity (Wildman–Crippen MR) is 94.5 cm³/mol. The summed E-state index contributed by atoms with van der Waals surface area (Å²) in [5.74, 6) is -0.893. The van der Waals surface area contributed by atoms with Crippen molar-refractivity contribution in [2.75, 3.05) is 13.7 Å². The van der Waals surface area contributed by atoms with Crippen LogP contribution < -0.4 is 10.1 Å². The average molecular weight is 406 g/mol. The van der Waals surface area contributed by atoms with Crippen molar-refractivity contribution in [1.82, 2.24) is 5.32 Å². The SMILES string of the molecule is COC(=O)c1ccc(OC(=O)CCNC(=O)c2ccc(Br)cc2)cc1. The van der Waals surface area contributed by atoms with Gasteiger partial charge < -0.3 is 14.8 Å². The number of rotatable bonds is 6. The monoisotopic (exact) mass is 405 g/mol. The van der Waals surface area contributed by atoms with Gasteiger partial charge in [-0.25, -0.2) is 4.79 Å². The van der Waals surface area contributed by atoms with E-state index in [1.54, 1.807) is 24.3 Å². The summed E-state index contributed by atoms with van der Waals surface area (Å²) in [5.41, 5.74) is 0.874. The summed E-state index contributed by atoms with van der Waals surface area (Å²) in [6.07, 6.45) is 0.0288. The lowest BCUT2D eigenvalue weighted by molar-refractivity contribution is -0.134. The number of ether oxygens (including phenoxy) is 2. The van der Waals surface area contributed by atoms with Crippen molar-refractivity contribution < 1.29 is 23.9 Å². The first-order valence-electron chi connectivity index (χ1n) is 7.42. The van der Waals surface area contributed by atoms with Gasteiger partial charge in [0.1, 0.15) is 5.75 Å². The Morgan fingerprint density at radius 1 is 0.960 bits per heavy atom. The maximum absolute atomic E-state index is 11.9. The van der Waals surface area contributed by atoms with Gasteiger partial charge in [0.05, 0.1) is 19.1 Å². The number of esters is 2. The van der Waals surface area contributed by atoms with E-state index < -0.39 is 11.9 Å². The van der Waals surface area contributed by atoms with Crippen molar-refractivity contribution >= 4 is 33.8 Å². The zero-order valence-electron chi connectivity index (χ0n) is 13.5. The van der Waals surface area contributed by atoms with Gasteiger partial charge in [-0.1, -0.05) is 15.9 Å². The minimum atomic E-state index is -0.484. The van der Waals surface area contributed by atoms with Crippen LogP contribution in [0.5, 0.6) is 5.75 Å². The summed E-state index contributed by atoms with van der Waals surface area (Å²) in [6, 6.07) is 12.9. The molecule has 6 nitrogen and oxygen atoms in total. The number of benzene rings is 2. The molecule has 0 bridgehead atoms. The van der Waals surface area contributed by atoms with E-state index in [0.717, 1.165) is 4.47 Å². The van der Waals surface area contributed by atoms with Crippen LogP contribution in [0.3, 0.4) is 0 Å². The third kappa shape index (κ3) is 5.72. The normalized spacial score (nSPS) is 10.0. The molecule has 0 saturated heterocycles. The Balaban J connectivity index is 1.77. The topological polar surface area (TPSA) is 81.7 Å². The molecule has 0 spiro atoms. The van der Waals surface area contributed by atoms with E-state index in [4.69, 9.17) is 4.74 Å². The van der Waals surface area contributed by atoms with Crippen molar-refractivity contribution in [3.05, 3.63) is 64.1 Å². The maximum Gasteiger partial charge on any atom is 0.337 e. The highest BCUT2D eigenvalue weighted by molar-refractivity contribution is 9.10. The molecule has 0 unspecified atom stereocenters. The van der Waals surface area contributed by atoms with Crippen LogP contribution >= 0.6 is 15.9 Å². The molecule has 2 aromatic rings. The highest BCUT2D eigenvalue weighted by Gasteiger charge is 2.09. The molecule has 0 heterocycles. The Kier molecular flexibility index (Phi) is 6.71. The molecule has 130 valence electrons. The second-order valence-electron chi connectivity index (χ2n) is 5.00. The van der Waals surface area contributed by atoms with E-state index in [1.807, 2.05) is 0 Å². The molecule has 2 aromatic carbocycles. The Bertz CT molecular complexity index is 756. The molecular formula is C18H16BrNO5. The quantitative estimate of drug-likeness (QED) is 0.589. The lowest BCUT2D eigenvalue weighted by Gasteiger charge is -2.07. The number of carbonyl (C=O) groups excluding carboxylic acids is 3. The summed E-state index contributed by atoms with van der Waals surface area (Å²) in [6.45, 7) is 0.161. The first kappa shape index (κ1) is 18.7. The van der Waals surface area contributed by atoms with Crippen molar-refractivity contribution in [3.8, 4) is 5.75 Å². The molecule has 25 heavy (non-hydrogen) atoms. The molecule has 0 aliphatic rings. The van der Waals surface area contributed by atoms with Gasteiger partial charge in [-0.3, -0.25) is 9.59 Å². The Morgan fingerprint density at radius 3 is 2.16 bits per heavy atom. The van der Waals surface area contributed by atoms with Crippen LogP contribution in [0.15, 0.2) is 53.0 Å². The number of hydrogen-bond acceptors (Lipinski definition) is 5. The first-order chi connectivity index (χ1) is 12.0. The van der Waals surface area contributed by atoms with Crippen LogP contribution in [0.25, 0.3) is 0 Å². The molecule has 0 saturated carbocycles. The van der Waals surface area contributed by atoms with Gasteiger partial charge in [0.15, 0.2) is 0 Å². The summed E-state index contributed by atoms with van der Waals surface area (Å²) in [5, 5.41) is 2.65. The second kappa shape index (κ2) is 8.98. The average Bonchev–Trinajstić information content (AvgIpc) is 2.62. The number of carbonyl (C=O) groups is 3. The Labute approximate surface area is 153 Å². The van der Waals surface area contributed by atoms with Crippen LogP contribution in [-0.2, 0) is 9.53 Å². The first-order valence-corrected chi connectivity index (χ1v) is 8.21. The highest BCUT2D eigenvalue weighted by atomic mass is 79.9. The molecule has 2 rings (SSSR count). The molecule has 0 radical (unpaired) electrons. The Hall–Kier alpha value is -2.67. The van der Waals surface area contributed by atoms with Crippen LogP contribution in [0, 0.1) is 0 Å². The number of nitrogens with one attached hydrogen (secondary N) is 1. The molecule has 0 aromatic heterocycles. The van der Waals surface area contributed by atoms with Gasteiger partial charge in [0.25, 0.3) is 5.91 Å². The van der Waals surface area contributed by atoms with Crippen molar-refractivity contribution in [3.63, 3.8) is 0 Å². The van der Waals surface area contributed by atoms with Crippen LogP contribution in [0.1, 0.15) is 27.1 Å². The van der Waals surface area contributed by atoms with Crippen LogP contribution in [-0.4, -0.2) is 31.5 Å². The molecule has 1 N–H and O–H groups in total. The fourth-order valence-electron chi connectivity index (χ4n) is 1.94. The third-order valence-corrected chi connectivity index (χ3v) is 3.76. The third-order valence-electron chi connectivity index (χ3n) is 3.23. The molecule has 0 aliphatic heterocycles. The van der Waals surface area contributed by atoms with Gasteiger partial charge in [-0.2, -0.15) is 0 Å². The second-order valence-corrected chi connectivity index (χ2v) is 5.92. The van der Waals surface area contributed by atoms with E-state index in [0.29, 0.717) is 16.9 Å². The lowest BCUT2D eigenvalue weighted by Crippen LogP contribution is -2.27. The fraction of sp³-hybridized carbons (Fsp3) is 0.167. The summed E-state index contributed by atoms with van der Waals surface area (Å²) >= 11 is 3.30. The molecule has 0 atom stereocenters. The van der Waals surface area contributed by atoms with Crippen LogP contribution in [0.4, 0.5) is 0 Å². The summed E-state index contributed by atoms with van der Waals surface area (Å²) in [4.78, 5) is 35.0. The predicted octanol–water partition coefficient (Wildman–Crippen LogP) is 2.96. The molecular weight excluding hydrogens is 390 g/mol. The lowest BCUT2D eigenvalue weighted by atomic mass is 10.2. The molecule has 0 aliphatic carbocycles. The summed E-state index contributed by atoms with van der Waals surface area (Å²) in [7, 11) is 1.29. The number of hydrogen-bond donors (Lipinski definition) is 1. The molecule has 7 heteroatoms. The van der Waals surface area contributed by atoms with E-state index in [1.165, 1.54) is 31.4 Å². The minimum Gasteiger partial charge on any atom is -0.465 e. The maximum atomic E-state index is 11.9. The minimum absolute atomic E-state index is 0.0288. The molecule has 0 fully saturated rings. The smallest absolute Gasteiger partial charge is 0.337 e. The van der Waals surface area contributed by atoms with E-state index in [-0.39, 0.29) is 18.9 Å². The zero-order chi connectivity index (χ0) is 18.2. The van der Waals surface area contributed by atoms with Crippen LogP contribution in [0.2, 0.25) is 0 Å².